The van der Waals surface area contributed by atoms with Crippen molar-refractivity contribution >= 4 is 23.5 Å². The van der Waals surface area contributed by atoms with Crippen LogP contribution in [0.3, 0.4) is 0 Å². The highest BCUT2D eigenvalue weighted by Crippen LogP contribution is 2.49. The highest BCUT2D eigenvalue weighted by molar-refractivity contribution is 6.25. The molecule has 0 aromatic heterocycles. The van der Waals surface area contributed by atoms with Crippen molar-refractivity contribution in [2.24, 2.45) is 11.8 Å². The molecule has 1 heterocycles. The number of piperidine rings is 1. The molecule has 98 valence electrons. The van der Waals surface area contributed by atoms with Gasteiger partial charge in [0.25, 0.3) is 0 Å². The Morgan fingerprint density at radius 3 is 2.53 bits per heavy atom. The van der Waals surface area contributed by atoms with Gasteiger partial charge in [0.15, 0.2) is 6.61 Å². The molecule has 6 nitrogen and oxygen atoms in total. The number of hydrogen-bond acceptors (Lipinski definition) is 4. The number of hydrogen-bond donors (Lipinski definition) is 1. The van der Waals surface area contributed by atoms with Crippen LogP contribution in [0.25, 0.3) is 0 Å². The second-order valence-corrected chi connectivity index (χ2v) is 4.61. The molecule has 1 saturated carbocycles. The number of nitrogens with zero attached hydrogens (tertiary/aromatic N) is 1. The molecule has 1 saturated heterocycles. The maximum Gasteiger partial charge on any atom is 0.341 e. The summed E-state index contributed by atoms with van der Waals surface area (Å²) in [7, 11) is 0. The van der Waals surface area contributed by atoms with Crippen molar-refractivity contribution in [3.63, 3.8) is 0 Å². The van der Waals surface area contributed by atoms with Crippen LogP contribution in [0.15, 0.2) is 24.3 Å². The first-order valence-corrected chi connectivity index (χ1v) is 5.91. The zero-order chi connectivity index (χ0) is 13.6. The fraction of sp³-hybridized carbons (Fsp3) is 0.308. The summed E-state index contributed by atoms with van der Waals surface area (Å²) in [6, 6.07) is 6.46. The SMILES string of the molecule is O=C(O)COc1ccccc1N1C(=O)C2CC2C1=O. The third-order valence-corrected chi connectivity index (χ3v) is 3.32. The van der Waals surface area contributed by atoms with Gasteiger partial charge in [-0.25, -0.2) is 9.69 Å². The third kappa shape index (κ3) is 1.85. The second kappa shape index (κ2) is 4.08. The van der Waals surface area contributed by atoms with Gasteiger partial charge < -0.3 is 9.84 Å². The van der Waals surface area contributed by atoms with Crippen LogP contribution in [0, 0.1) is 11.8 Å². The molecule has 2 amide bonds. The number of carboxylic acids is 1. The molecule has 2 atom stereocenters. The van der Waals surface area contributed by atoms with Crippen molar-refractivity contribution in [2.75, 3.05) is 11.5 Å². The van der Waals surface area contributed by atoms with E-state index in [-0.39, 0.29) is 29.4 Å². The summed E-state index contributed by atoms with van der Waals surface area (Å²) >= 11 is 0. The number of fused-ring (bicyclic) bond motifs is 1. The van der Waals surface area contributed by atoms with Gasteiger partial charge in [0.05, 0.1) is 17.5 Å². The lowest BCUT2D eigenvalue weighted by Gasteiger charge is -2.19. The van der Waals surface area contributed by atoms with Crippen LogP contribution in [0.2, 0.25) is 0 Å². The van der Waals surface area contributed by atoms with Gasteiger partial charge in [0.2, 0.25) is 11.8 Å². The summed E-state index contributed by atoms with van der Waals surface area (Å²) in [5.74, 6) is -1.72. The number of amides is 2. The average molecular weight is 261 g/mol. The molecule has 1 aromatic carbocycles. The van der Waals surface area contributed by atoms with E-state index in [1.54, 1.807) is 24.3 Å². The van der Waals surface area contributed by atoms with Crippen LogP contribution in [0.5, 0.6) is 5.75 Å². The number of carbonyl (C=O) groups excluding carboxylic acids is 2. The molecule has 2 unspecified atom stereocenters. The molecule has 2 aliphatic rings. The Morgan fingerprint density at radius 2 is 1.89 bits per heavy atom. The van der Waals surface area contributed by atoms with E-state index in [2.05, 4.69) is 0 Å². The first-order valence-electron chi connectivity index (χ1n) is 5.91. The molecule has 2 fully saturated rings. The quantitative estimate of drug-likeness (QED) is 0.805. The lowest BCUT2D eigenvalue weighted by molar-refractivity contribution is -0.139. The lowest BCUT2D eigenvalue weighted by Crippen LogP contribution is -2.33. The molecule has 0 radical (unpaired) electrons. The van der Waals surface area contributed by atoms with Gasteiger partial charge in [-0.05, 0) is 18.6 Å². The summed E-state index contributed by atoms with van der Waals surface area (Å²) in [5, 5.41) is 8.61. The van der Waals surface area contributed by atoms with E-state index < -0.39 is 12.6 Å². The van der Waals surface area contributed by atoms with Gasteiger partial charge in [-0.3, -0.25) is 9.59 Å². The summed E-state index contributed by atoms with van der Waals surface area (Å²) in [4.78, 5) is 35.6. The number of benzene rings is 1. The van der Waals surface area contributed by atoms with Crippen molar-refractivity contribution < 1.29 is 24.2 Å². The maximum atomic E-state index is 12.0. The van der Waals surface area contributed by atoms with Crippen LogP contribution in [-0.4, -0.2) is 29.5 Å². The third-order valence-electron chi connectivity index (χ3n) is 3.32. The molecule has 0 bridgehead atoms. The number of aliphatic carboxylic acids is 1. The molecular formula is C13H11NO5. The van der Waals surface area contributed by atoms with Gasteiger partial charge in [-0.1, -0.05) is 12.1 Å². The predicted molar refractivity (Wildman–Crippen MR) is 63.7 cm³/mol. The molecule has 3 rings (SSSR count). The molecule has 1 N–H and O–H groups in total. The van der Waals surface area contributed by atoms with E-state index in [1.807, 2.05) is 0 Å². The van der Waals surface area contributed by atoms with Crippen LogP contribution < -0.4 is 9.64 Å². The van der Waals surface area contributed by atoms with Crippen molar-refractivity contribution in [1.82, 2.24) is 0 Å². The Balaban J connectivity index is 1.90. The molecule has 19 heavy (non-hydrogen) atoms. The molecule has 1 aliphatic carbocycles. The van der Waals surface area contributed by atoms with E-state index in [9.17, 15) is 14.4 Å². The number of rotatable bonds is 4. The number of para-hydroxylation sites is 2. The van der Waals surface area contributed by atoms with Crippen LogP contribution in [0.1, 0.15) is 6.42 Å². The van der Waals surface area contributed by atoms with E-state index in [0.29, 0.717) is 12.1 Å². The number of carbonyl (C=O) groups is 3. The molecule has 0 spiro atoms. The Labute approximate surface area is 108 Å². The number of carboxylic acid groups (broad SMARTS) is 1. The van der Waals surface area contributed by atoms with Gasteiger partial charge in [-0.2, -0.15) is 0 Å². The van der Waals surface area contributed by atoms with Crippen molar-refractivity contribution in [2.45, 2.75) is 6.42 Å². The Hall–Kier alpha value is -2.37. The molecule has 1 aromatic rings. The van der Waals surface area contributed by atoms with E-state index >= 15 is 0 Å². The molecular weight excluding hydrogens is 250 g/mol. The van der Waals surface area contributed by atoms with Crippen LogP contribution in [0.4, 0.5) is 5.69 Å². The molecule has 1 aliphatic heterocycles. The predicted octanol–water partition coefficient (Wildman–Crippen LogP) is 0.659. The highest BCUT2D eigenvalue weighted by atomic mass is 16.5. The average Bonchev–Trinajstić information content (AvgIpc) is 3.13. The van der Waals surface area contributed by atoms with Gasteiger partial charge in [-0.15, -0.1) is 0 Å². The Bertz CT molecular complexity index is 562. The van der Waals surface area contributed by atoms with E-state index in [0.717, 1.165) is 4.90 Å². The standard InChI is InChI=1S/C13H11NO5/c15-11(16)6-19-10-4-2-1-3-9(10)14-12(17)7-5-8(7)13(14)18/h1-4,7-8H,5-6H2,(H,15,16). The smallest absolute Gasteiger partial charge is 0.341 e. The Kier molecular flexibility index (Phi) is 2.51. The fourth-order valence-electron chi connectivity index (χ4n) is 2.32. The summed E-state index contributed by atoms with van der Waals surface area (Å²) in [5.41, 5.74) is 0.325. The van der Waals surface area contributed by atoms with Crippen LogP contribution in [-0.2, 0) is 14.4 Å². The summed E-state index contributed by atoms with van der Waals surface area (Å²) < 4.78 is 5.11. The minimum Gasteiger partial charge on any atom is -0.480 e. The Morgan fingerprint density at radius 1 is 1.26 bits per heavy atom. The summed E-state index contributed by atoms with van der Waals surface area (Å²) in [6.07, 6.45) is 0.631. The van der Waals surface area contributed by atoms with E-state index in [1.165, 1.54) is 0 Å². The minimum atomic E-state index is -1.11. The van der Waals surface area contributed by atoms with Crippen molar-refractivity contribution in [1.29, 1.82) is 0 Å². The first-order chi connectivity index (χ1) is 9.09. The maximum absolute atomic E-state index is 12.0. The van der Waals surface area contributed by atoms with Crippen molar-refractivity contribution in [3.05, 3.63) is 24.3 Å². The largest absolute Gasteiger partial charge is 0.480 e. The monoisotopic (exact) mass is 261 g/mol. The first kappa shape index (κ1) is 11.7. The molecule has 6 heteroatoms. The fourth-order valence-corrected chi connectivity index (χ4v) is 2.32. The van der Waals surface area contributed by atoms with Gasteiger partial charge in [0, 0.05) is 0 Å². The second-order valence-electron chi connectivity index (χ2n) is 4.61. The summed E-state index contributed by atoms with van der Waals surface area (Å²) in [6.45, 7) is -0.514. The van der Waals surface area contributed by atoms with Crippen molar-refractivity contribution in [3.8, 4) is 5.75 Å². The lowest BCUT2D eigenvalue weighted by atomic mass is 10.2. The number of ether oxygens (including phenoxy) is 1. The zero-order valence-electron chi connectivity index (χ0n) is 9.91. The normalized spacial score (nSPS) is 24.3. The van der Waals surface area contributed by atoms with Gasteiger partial charge in [0.1, 0.15) is 5.75 Å². The number of anilines is 1. The van der Waals surface area contributed by atoms with Gasteiger partial charge >= 0.3 is 5.97 Å². The minimum absolute atomic E-state index is 0.194. The highest BCUT2D eigenvalue weighted by Gasteiger charge is 2.59. The van der Waals surface area contributed by atoms with Crippen LogP contribution >= 0.6 is 0 Å². The number of imide groups is 1. The topological polar surface area (TPSA) is 83.9 Å². The zero-order valence-corrected chi connectivity index (χ0v) is 9.91. The van der Waals surface area contributed by atoms with E-state index in [4.69, 9.17) is 9.84 Å².